The van der Waals surface area contributed by atoms with Gasteiger partial charge in [0.05, 0.1) is 6.61 Å². The molecule has 0 fully saturated rings. The van der Waals surface area contributed by atoms with Crippen molar-refractivity contribution in [1.29, 1.82) is 0 Å². The fourth-order valence-corrected chi connectivity index (χ4v) is 1.82. The highest BCUT2D eigenvalue weighted by Crippen LogP contribution is 2.16. The molecular formula is C11H12ClN3O2. The summed E-state index contributed by atoms with van der Waals surface area (Å²) in [6.45, 7) is 4.04. The summed E-state index contributed by atoms with van der Waals surface area (Å²) in [5.41, 5.74) is 1.58. The molecule has 90 valence electrons. The fourth-order valence-electron chi connectivity index (χ4n) is 1.62. The number of hydrogen-bond donors (Lipinski definition) is 0. The molecule has 6 heteroatoms. The molecule has 2 rings (SSSR count). The van der Waals surface area contributed by atoms with Crippen molar-refractivity contribution >= 4 is 23.2 Å². The van der Waals surface area contributed by atoms with Gasteiger partial charge >= 0.3 is 5.97 Å². The van der Waals surface area contributed by atoms with Crippen LogP contribution in [0, 0.1) is 0 Å². The third kappa shape index (κ3) is 2.10. The lowest BCUT2D eigenvalue weighted by Gasteiger charge is -2.03. The summed E-state index contributed by atoms with van der Waals surface area (Å²) in [6, 6.07) is 1.76. The van der Waals surface area contributed by atoms with E-state index < -0.39 is 5.97 Å². The molecule has 0 radical (unpaired) electrons. The number of carbonyl (C=O) groups excluding carboxylic acids is 1. The third-order valence-corrected chi connectivity index (χ3v) is 2.57. The lowest BCUT2D eigenvalue weighted by molar-refractivity contribution is 0.0522. The van der Waals surface area contributed by atoms with E-state index in [0.29, 0.717) is 17.4 Å². The molecule has 0 aromatic carbocycles. The summed E-state index contributed by atoms with van der Waals surface area (Å²) in [4.78, 5) is 19.8. The molecule has 0 unspecified atom stereocenters. The Balaban J connectivity index is 2.60. The topological polar surface area (TPSA) is 56.5 Å². The summed E-state index contributed by atoms with van der Waals surface area (Å²) >= 11 is 5.91. The molecule has 0 spiro atoms. The van der Waals surface area contributed by atoms with E-state index in [4.69, 9.17) is 16.3 Å². The van der Waals surface area contributed by atoms with Crippen LogP contribution in [-0.2, 0) is 11.2 Å². The van der Waals surface area contributed by atoms with Gasteiger partial charge in [0.15, 0.2) is 11.3 Å². The van der Waals surface area contributed by atoms with Gasteiger partial charge in [-0.3, -0.25) is 4.40 Å². The van der Waals surface area contributed by atoms with Crippen LogP contribution < -0.4 is 0 Å². The highest BCUT2D eigenvalue weighted by Gasteiger charge is 2.17. The summed E-state index contributed by atoms with van der Waals surface area (Å²) < 4.78 is 6.66. The first-order valence-corrected chi connectivity index (χ1v) is 5.74. The summed E-state index contributed by atoms with van der Waals surface area (Å²) in [7, 11) is 0. The van der Waals surface area contributed by atoms with E-state index in [0.717, 1.165) is 12.1 Å². The lowest BCUT2D eigenvalue weighted by atomic mass is 10.3. The number of fused-ring (bicyclic) bond motifs is 1. The highest BCUT2D eigenvalue weighted by molar-refractivity contribution is 6.29. The molecule has 0 aliphatic rings. The number of carbonyl (C=O) groups is 1. The summed E-state index contributed by atoms with van der Waals surface area (Å²) in [5, 5.41) is 0.348. The molecule has 17 heavy (non-hydrogen) atoms. The second-order valence-corrected chi connectivity index (χ2v) is 3.82. The van der Waals surface area contributed by atoms with Gasteiger partial charge in [-0.1, -0.05) is 18.5 Å². The minimum Gasteiger partial charge on any atom is -0.461 e. The minimum absolute atomic E-state index is 0.198. The van der Waals surface area contributed by atoms with E-state index in [9.17, 15) is 4.79 Å². The Bertz CT molecular complexity index is 565. The van der Waals surface area contributed by atoms with Crippen molar-refractivity contribution < 1.29 is 9.53 Å². The third-order valence-electron chi connectivity index (χ3n) is 2.38. The van der Waals surface area contributed by atoms with Gasteiger partial charge in [-0.05, 0) is 19.4 Å². The van der Waals surface area contributed by atoms with Gasteiger partial charge in [0.25, 0.3) is 0 Å². The number of rotatable bonds is 3. The van der Waals surface area contributed by atoms with Gasteiger partial charge in [-0.15, -0.1) is 0 Å². The van der Waals surface area contributed by atoms with Crippen LogP contribution in [-0.4, -0.2) is 26.9 Å². The number of aromatic nitrogens is 3. The zero-order valence-corrected chi connectivity index (χ0v) is 10.4. The maximum atomic E-state index is 11.6. The molecule has 0 saturated carbocycles. The number of imidazole rings is 1. The van der Waals surface area contributed by atoms with Gasteiger partial charge in [0.2, 0.25) is 0 Å². The number of ether oxygens (including phenoxy) is 1. The van der Waals surface area contributed by atoms with Crippen LogP contribution in [0.25, 0.3) is 5.65 Å². The second kappa shape index (κ2) is 4.71. The first-order chi connectivity index (χ1) is 8.17. The van der Waals surface area contributed by atoms with Crippen molar-refractivity contribution in [3.8, 4) is 0 Å². The number of nitrogens with zero attached hydrogens (tertiary/aromatic N) is 3. The number of halogens is 1. The van der Waals surface area contributed by atoms with Gasteiger partial charge in [-0.2, -0.15) is 0 Å². The Morgan fingerprint density at radius 3 is 2.94 bits per heavy atom. The predicted octanol–water partition coefficient (Wildman–Crippen LogP) is 2.12. The van der Waals surface area contributed by atoms with Crippen molar-refractivity contribution in [2.24, 2.45) is 0 Å². The van der Waals surface area contributed by atoms with Crippen LogP contribution in [0.1, 0.15) is 30.0 Å². The molecule has 0 bridgehead atoms. The molecule has 2 heterocycles. The number of aryl methyl sites for hydroxylation is 1. The molecule has 2 aromatic heterocycles. The van der Waals surface area contributed by atoms with Gasteiger partial charge in [0.1, 0.15) is 11.5 Å². The summed E-state index contributed by atoms with van der Waals surface area (Å²) in [6.07, 6.45) is 2.33. The van der Waals surface area contributed by atoms with E-state index in [1.165, 1.54) is 0 Å². The number of hydrogen-bond acceptors (Lipinski definition) is 4. The Labute approximate surface area is 103 Å². The largest absolute Gasteiger partial charge is 0.461 e. The molecular weight excluding hydrogens is 242 g/mol. The minimum atomic E-state index is -0.480. The van der Waals surface area contributed by atoms with Crippen molar-refractivity contribution in [1.82, 2.24) is 14.4 Å². The Kier molecular flexibility index (Phi) is 3.28. The average molecular weight is 254 g/mol. The highest BCUT2D eigenvalue weighted by atomic mass is 35.5. The lowest BCUT2D eigenvalue weighted by Crippen LogP contribution is -2.07. The van der Waals surface area contributed by atoms with Crippen LogP contribution in [0.2, 0.25) is 5.15 Å². The van der Waals surface area contributed by atoms with Gasteiger partial charge < -0.3 is 4.74 Å². The average Bonchev–Trinajstić information content (AvgIpc) is 2.71. The van der Waals surface area contributed by atoms with E-state index in [-0.39, 0.29) is 5.69 Å². The molecule has 0 N–H and O–H groups in total. The first kappa shape index (κ1) is 11.9. The fraction of sp³-hybridized carbons (Fsp3) is 0.364. The Morgan fingerprint density at radius 1 is 1.53 bits per heavy atom. The van der Waals surface area contributed by atoms with Crippen LogP contribution in [0.4, 0.5) is 0 Å². The van der Waals surface area contributed by atoms with Crippen molar-refractivity contribution in [3.05, 3.63) is 28.9 Å². The van der Waals surface area contributed by atoms with Crippen LogP contribution >= 0.6 is 11.6 Å². The standard InChI is InChI=1S/C11H12ClN3O2/c1-3-7-5-8(12)14-10-9(11(16)17-4-2)13-6-15(7)10/h5-6H,3-4H2,1-2H3. The van der Waals surface area contributed by atoms with E-state index in [1.807, 2.05) is 6.92 Å². The van der Waals surface area contributed by atoms with Gasteiger partial charge in [-0.25, -0.2) is 14.8 Å². The normalized spacial score (nSPS) is 10.8. The molecule has 5 nitrogen and oxygen atoms in total. The molecule has 0 amide bonds. The SMILES string of the molecule is CCOC(=O)c1ncn2c(CC)cc(Cl)nc12. The van der Waals surface area contributed by atoms with Crippen molar-refractivity contribution in [3.63, 3.8) is 0 Å². The van der Waals surface area contributed by atoms with E-state index in [1.54, 1.807) is 23.7 Å². The Morgan fingerprint density at radius 2 is 2.29 bits per heavy atom. The van der Waals surface area contributed by atoms with Crippen LogP contribution in [0.15, 0.2) is 12.4 Å². The Hall–Kier alpha value is -1.62. The smallest absolute Gasteiger partial charge is 0.360 e. The van der Waals surface area contributed by atoms with E-state index >= 15 is 0 Å². The maximum absolute atomic E-state index is 11.6. The van der Waals surface area contributed by atoms with Crippen molar-refractivity contribution in [2.45, 2.75) is 20.3 Å². The van der Waals surface area contributed by atoms with Crippen LogP contribution in [0.3, 0.4) is 0 Å². The summed E-state index contributed by atoms with van der Waals surface area (Å²) in [5.74, 6) is -0.480. The molecule has 0 aliphatic carbocycles. The first-order valence-electron chi connectivity index (χ1n) is 5.37. The zero-order valence-electron chi connectivity index (χ0n) is 9.61. The van der Waals surface area contributed by atoms with Crippen LogP contribution in [0.5, 0.6) is 0 Å². The molecule has 0 aliphatic heterocycles. The molecule has 2 aromatic rings. The van der Waals surface area contributed by atoms with E-state index in [2.05, 4.69) is 9.97 Å². The number of esters is 1. The van der Waals surface area contributed by atoms with Crippen molar-refractivity contribution in [2.75, 3.05) is 6.61 Å². The predicted molar refractivity (Wildman–Crippen MR) is 63.3 cm³/mol. The second-order valence-electron chi connectivity index (χ2n) is 3.43. The molecule has 0 saturated heterocycles. The van der Waals surface area contributed by atoms with Gasteiger partial charge in [0, 0.05) is 5.69 Å². The zero-order chi connectivity index (χ0) is 12.4. The molecule has 0 atom stereocenters. The monoisotopic (exact) mass is 253 g/mol. The quantitative estimate of drug-likeness (QED) is 0.621. The maximum Gasteiger partial charge on any atom is 0.360 e.